The van der Waals surface area contributed by atoms with Crippen LogP contribution >= 0.6 is 0 Å². The van der Waals surface area contributed by atoms with E-state index in [0.717, 1.165) is 13.1 Å². The molecule has 0 aliphatic rings. The smallest absolute Gasteiger partial charge is 0.0937 e. The Morgan fingerprint density at radius 2 is 1.27 bits per heavy atom. The van der Waals surface area contributed by atoms with E-state index in [1.807, 2.05) is 26.2 Å². The van der Waals surface area contributed by atoms with Gasteiger partial charge in [0.05, 0.1) is 27.2 Å². The Morgan fingerprint density at radius 3 is 1.27 bits per heavy atom. The van der Waals surface area contributed by atoms with E-state index in [9.17, 15) is 0 Å². The Balaban J connectivity index is -0.000000107. The summed E-state index contributed by atoms with van der Waals surface area (Å²) in [5, 5.41) is 4.12. The molecule has 11 heavy (non-hydrogen) atoms. The van der Waals surface area contributed by atoms with Gasteiger partial charge < -0.3 is 16.1 Å². The lowest BCUT2D eigenvalue weighted by atomic mass is 10.6. The first-order valence-corrected chi connectivity index (χ1v) is 3.60. The van der Waals surface area contributed by atoms with E-state index in [1.54, 1.807) is 0 Å². The summed E-state index contributed by atoms with van der Waals surface area (Å²) in [6.07, 6.45) is 3.75. The molecule has 0 saturated heterocycles. The molecule has 0 aromatic heterocycles. The molecule has 0 unspecified atom stereocenters. The second-order valence-electron chi connectivity index (χ2n) is 1.87. The first-order valence-electron chi connectivity index (χ1n) is 3.60. The van der Waals surface area contributed by atoms with Crippen molar-refractivity contribution in [3.8, 4) is 0 Å². The fraction of sp³-hybridized carbons (Fsp3) is 0.500. The molecule has 0 bridgehead atoms. The van der Waals surface area contributed by atoms with E-state index in [0.29, 0.717) is 0 Å². The highest BCUT2D eigenvalue weighted by atomic mass is 16.0. The molecule has 0 fully saturated rings. The first-order chi connectivity index (χ1) is 4.83. The minimum atomic E-state index is 0. The number of rotatable bonds is 4. The van der Waals surface area contributed by atoms with E-state index < -0.39 is 0 Å². The fourth-order valence-electron chi connectivity index (χ4n) is 0.333. The first kappa shape index (κ1) is 16.8. The van der Waals surface area contributed by atoms with Gasteiger partial charge in [-0.05, 0) is 12.2 Å². The normalized spacial score (nSPS) is 6.73. The monoisotopic (exact) mass is 160 g/mol. The van der Waals surface area contributed by atoms with Crippen molar-refractivity contribution in [2.45, 2.75) is 0 Å². The molecule has 0 heterocycles. The van der Waals surface area contributed by atoms with Crippen LogP contribution in [0.5, 0.6) is 0 Å². The highest BCUT2D eigenvalue weighted by molar-refractivity contribution is 4.60. The number of likely N-dealkylation sites (N-methyl/N-ethyl adjacent to an activating group) is 2. The third-order valence-corrected chi connectivity index (χ3v) is 0.805. The van der Waals surface area contributed by atoms with E-state index in [-0.39, 0.29) is 5.48 Å². The SMILES string of the molecule is C=CC[NH2+]C.C=CC[NH2+]C.[O-2]. The highest BCUT2D eigenvalue weighted by Crippen LogP contribution is 1.39. The third-order valence-electron chi connectivity index (χ3n) is 0.805. The average Bonchev–Trinajstić information content (AvgIpc) is 1.93. The van der Waals surface area contributed by atoms with Gasteiger partial charge in [0.2, 0.25) is 0 Å². The highest BCUT2D eigenvalue weighted by Gasteiger charge is 1.61. The molecule has 0 aliphatic heterocycles. The molecule has 0 aromatic rings. The quantitative estimate of drug-likeness (QED) is 0.476. The van der Waals surface area contributed by atoms with Crippen molar-refractivity contribution in [3.05, 3.63) is 25.3 Å². The molecule has 0 atom stereocenters. The van der Waals surface area contributed by atoms with Gasteiger partial charge in [0, 0.05) is 0 Å². The molecule has 0 spiro atoms. The molecule has 0 aliphatic carbocycles. The van der Waals surface area contributed by atoms with Crippen LogP contribution < -0.4 is 10.6 Å². The maximum atomic E-state index is 3.52. The summed E-state index contributed by atoms with van der Waals surface area (Å²) in [5.41, 5.74) is 0. The van der Waals surface area contributed by atoms with E-state index in [4.69, 9.17) is 0 Å². The van der Waals surface area contributed by atoms with Crippen molar-refractivity contribution < 1.29 is 16.1 Å². The van der Waals surface area contributed by atoms with Crippen molar-refractivity contribution in [1.29, 1.82) is 0 Å². The third kappa shape index (κ3) is 44.9. The van der Waals surface area contributed by atoms with Gasteiger partial charge in [0.15, 0.2) is 0 Å². The Morgan fingerprint density at radius 1 is 1.00 bits per heavy atom. The van der Waals surface area contributed by atoms with Gasteiger partial charge in [0.25, 0.3) is 0 Å². The van der Waals surface area contributed by atoms with Crippen LogP contribution in [-0.2, 0) is 5.48 Å². The lowest BCUT2D eigenvalue weighted by Gasteiger charge is -2.00. The molecular formula is C8H20N2O. The summed E-state index contributed by atoms with van der Waals surface area (Å²) in [6, 6.07) is 0. The summed E-state index contributed by atoms with van der Waals surface area (Å²) in [4.78, 5) is 0. The van der Waals surface area contributed by atoms with Crippen molar-refractivity contribution in [3.63, 3.8) is 0 Å². The second kappa shape index (κ2) is 22.8. The van der Waals surface area contributed by atoms with Crippen molar-refractivity contribution in [2.75, 3.05) is 27.2 Å². The molecule has 0 radical (unpaired) electrons. The largest absolute Gasteiger partial charge is 2.00 e. The van der Waals surface area contributed by atoms with Crippen LogP contribution in [0, 0.1) is 0 Å². The minimum absolute atomic E-state index is 0. The molecule has 0 aromatic carbocycles. The predicted octanol–water partition coefficient (Wildman–Crippen LogP) is -1.39. The number of nitrogens with two attached hydrogens (primary N) is 2. The Kier molecular flexibility index (Phi) is 34.7. The van der Waals surface area contributed by atoms with Crippen LogP contribution in [0.2, 0.25) is 0 Å². The van der Waals surface area contributed by atoms with E-state index in [1.165, 1.54) is 0 Å². The van der Waals surface area contributed by atoms with Crippen LogP contribution in [0.15, 0.2) is 25.3 Å². The Bertz CT molecular complexity index is 64.5. The van der Waals surface area contributed by atoms with Gasteiger partial charge >= 0.3 is 0 Å². The number of hydrogen-bond donors (Lipinski definition) is 2. The van der Waals surface area contributed by atoms with Crippen LogP contribution in [0.1, 0.15) is 0 Å². The zero-order valence-corrected chi connectivity index (χ0v) is 7.55. The molecule has 0 rings (SSSR count). The number of hydrogen-bond acceptors (Lipinski definition) is 0. The summed E-state index contributed by atoms with van der Waals surface area (Å²) < 4.78 is 0. The van der Waals surface area contributed by atoms with Gasteiger partial charge in [-0.1, -0.05) is 13.2 Å². The zero-order valence-electron chi connectivity index (χ0n) is 7.55. The fourth-order valence-corrected chi connectivity index (χ4v) is 0.333. The molecule has 0 amide bonds. The summed E-state index contributed by atoms with van der Waals surface area (Å²) in [5.74, 6) is 0. The van der Waals surface area contributed by atoms with E-state index >= 15 is 0 Å². The van der Waals surface area contributed by atoms with Gasteiger partial charge in [-0.2, -0.15) is 0 Å². The Hall–Kier alpha value is -0.640. The van der Waals surface area contributed by atoms with E-state index in [2.05, 4.69) is 23.8 Å². The minimum Gasteiger partial charge on any atom is -2.00 e. The topological polar surface area (TPSA) is 61.7 Å². The maximum Gasteiger partial charge on any atom is 0.0937 e. The van der Waals surface area contributed by atoms with Crippen molar-refractivity contribution >= 4 is 0 Å². The number of quaternary nitrogens is 2. The van der Waals surface area contributed by atoms with Crippen LogP contribution in [-0.4, -0.2) is 27.2 Å². The maximum absolute atomic E-state index is 3.52. The van der Waals surface area contributed by atoms with Crippen LogP contribution in [0.25, 0.3) is 0 Å². The van der Waals surface area contributed by atoms with Crippen LogP contribution in [0.4, 0.5) is 0 Å². The standard InChI is InChI=1S/2C4H9N.O/c2*1-3-4-5-2;/h2*3,5H,1,4H2,2H3;/q;;-2/p+2. The van der Waals surface area contributed by atoms with Crippen LogP contribution in [0.3, 0.4) is 0 Å². The molecule has 0 saturated carbocycles. The van der Waals surface area contributed by atoms with Gasteiger partial charge in [-0.3, -0.25) is 0 Å². The lowest BCUT2D eigenvalue weighted by molar-refractivity contribution is -0.617. The molecular weight excluding hydrogens is 140 g/mol. The molecule has 4 N–H and O–H groups in total. The van der Waals surface area contributed by atoms with Crippen molar-refractivity contribution in [2.24, 2.45) is 0 Å². The summed E-state index contributed by atoms with van der Waals surface area (Å²) >= 11 is 0. The average molecular weight is 160 g/mol. The van der Waals surface area contributed by atoms with Gasteiger partial charge in [-0.25, -0.2) is 0 Å². The summed E-state index contributed by atoms with van der Waals surface area (Å²) in [6.45, 7) is 9.09. The molecule has 68 valence electrons. The predicted molar refractivity (Wildman–Crippen MR) is 46.5 cm³/mol. The lowest BCUT2D eigenvalue weighted by Crippen LogP contribution is -2.79. The molecule has 3 nitrogen and oxygen atoms in total. The Labute approximate surface area is 69.5 Å². The van der Waals surface area contributed by atoms with Gasteiger partial charge in [-0.15, -0.1) is 0 Å². The second-order valence-corrected chi connectivity index (χ2v) is 1.87. The zero-order chi connectivity index (χ0) is 8.24. The van der Waals surface area contributed by atoms with Crippen molar-refractivity contribution in [1.82, 2.24) is 0 Å². The summed E-state index contributed by atoms with van der Waals surface area (Å²) in [7, 11) is 4.03. The molecule has 3 heteroatoms. The van der Waals surface area contributed by atoms with Gasteiger partial charge in [0.1, 0.15) is 0 Å².